The molecular formula is C27H32Cl2FN5O2. The summed E-state index contributed by atoms with van der Waals surface area (Å²) in [5.74, 6) is -0.127. The van der Waals surface area contributed by atoms with Crippen LogP contribution in [0.25, 0.3) is 5.69 Å². The summed E-state index contributed by atoms with van der Waals surface area (Å²) in [6.45, 7) is 7.30. The van der Waals surface area contributed by atoms with Crippen LogP contribution in [0.2, 0.25) is 10.0 Å². The van der Waals surface area contributed by atoms with Gasteiger partial charge in [0.25, 0.3) is 5.91 Å². The van der Waals surface area contributed by atoms with Crippen LogP contribution in [0.5, 0.6) is 0 Å². The molecule has 0 bridgehead atoms. The number of aliphatic hydroxyl groups excluding tert-OH is 1. The molecule has 1 amide bonds. The maximum Gasteiger partial charge on any atom is 0.271 e. The Morgan fingerprint density at radius 3 is 2.51 bits per heavy atom. The maximum absolute atomic E-state index is 14.5. The molecule has 7 nitrogen and oxygen atoms in total. The Balaban J connectivity index is 1.34. The predicted molar refractivity (Wildman–Crippen MR) is 146 cm³/mol. The molecule has 1 aliphatic heterocycles. The van der Waals surface area contributed by atoms with Crippen LogP contribution >= 0.6 is 23.2 Å². The van der Waals surface area contributed by atoms with Gasteiger partial charge in [0.1, 0.15) is 17.3 Å². The van der Waals surface area contributed by atoms with Crippen LogP contribution in [-0.2, 0) is 6.42 Å². The van der Waals surface area contributed by atoms with Gasteiger partial charge in [-0.1, -0.05) is 48.3 Å². The zero-order chi connectivity index (χ0) is 26.5. The summed E-state index contributed by atoms with van der Waals surface area (Å²) in [6, 6.07) is 12.1. The Morgan fingerprint density at radius 2 is 1.81 bits per heavy atom. The fourth-order valence-electron chi connectivity index (χ4n) is 4.68. The highest BCUT2D eigenvalue weighted by atomic mass is 35.5. The number of hydrogen-bond donors (Lipinski definition) is 2. The zero-order valence-corrected chi connectivity index (χ0v) is 22.6. The van der Waals surface area contributed by atoms with Gasteiger partial charge >= 0.3 is 0 Å². The molecule has 37 heavy (non-hydrogen) atoms. The first kappa shape index (κ1) is 27.4. The first-order chi connectivity index (χ1) is 17.8. The quantitative estimate of drug-likeness (QED) is 0.412. The number of nitrogens with zero attached hydrogens (tertiary/aromatic N) is 4. The van der Waals surface area contributed by atoms with E-state index >= 15 is 0 Å². The molecule has 2 heterocycles. The molecule has 0 spiro atoms. The predicted octanol–water partition coefficient (Wildman–Crippen LogP) is 4.49. The number of piperazine rings is 1. The molecule has 1 aliphatic rings. The highest BCUT2D eigenvalue weighted by Crippen LogP contribution is 2.32. The monoisotopic (exact) mass is 547 g/mol. The lowest BCUT2D eigenvalue weighted by Crippen LogP contribution is -2.50. The third-order valence-corrected chi connectivity index (χ3v) is 7.38. The molecule has 3 aromatic rings. The maximum atomic E-state index is 14.5. The summed E-state index contributed by atoms with van der Waals surface area (Å²) in [5.41, 5.74) is 2.09. The number of aliphatic hydroxyl groups is 1. The van der Waals surface area contributed by atoms with Crippen molar-refractivity contribution in [3.05, 3.63) is 75.5 Å². The van der Waals surface area contributed by atoms with Crippen molar-refractivity contribution in [3.63, 3.8) is 0 Å². The third-order valence-electron chi connectivity index (χ3n) is 6.57. The molecule has 0 saturated carbocycles. The fraction of sp³-hybridized carbons (Fsp3) is 0.407. The molecule has 0 radical (unpaired) electrons. The van der Waals surface area contributed by atoms with Crippen LogP contribution in [0.15, 0.2) is 42.5 Å². The smallest absolute Gasteiger partial charge is 0.271 e. The number of carbonyl (C=O) groups excluding carboxylic acids is 1. The summed E-state index contributed by atoms with van der Waals surface area (Å²) in [5, 5.41) is 14.5. The van der Waals surface area contributed by atoms with E-state index in [0.717, 1.165) is 38.3 Å². The number of halogens is 3. The number of anilines is 1. The minimum Gasteiger partial charge on any atom is -0.390 e. The van der Waals surface area contributed by atoms with Crippen LogP contribution in [-0.4, -0.2) is 70.8 Å². The van der Waals surface area contributed by atoms with Crippen molar-refractivity contribution in [2.75, 3.05) is 44.2 Å². The normalized spacial score (nSPS) is 15.1. The van der Waals surface area contributed by atoms with E-state index in [4.69, 9.17) is 23.2 Å². The second kappa shape index (κ2) is 12.3. The summed E-state index contributed by atoms with van der Waals surface area (Å²) in [6.07, 6.45) is 0.674. The first-order valence-corrected chi connectivity index (χ1v) is 13.3. The van der Waals surface area contributed by atoms with Gasteiger partial charge in [0.2, 0.25) is 0 Å². The van der Waals surface area contributed by atoms with Crippen LogP contribution in [0.3, 0.4) is 0 Å². The molecule has 1 unspecified atom stereocenters. The van der Waals surface area contributed by atoms with Gasteiger partial charge in [-0.25, -0.2) is 9.37 Å². The van der Waals surface area contributed by atoms with Gasteiger partial charge in [-0.3, -0.25) is 14.3 Å². The number of amides is 1. The standard InChI is InChI=1S/C27H32Cl2FN5O2/c1-3-7-24-32-26(18(2)35(24)22-10-5-4-9-21(22)30)27(37)31-16-19(36)17-33-12-14-34(15-13-33)23-11-6-8-20(28)25(23)29/h4-6,8-11,19,36H,3,7,12-17H2,1-2H3,(H,31,37). The second-order valence-electron chi connectivity index (χ2n) is 9.22. The van der Waals surface area contributed by atoms with Crippen molar-refractivity contribution in [3.8, 4) is 5.69 Å². The Morgan fingerprint density at radius 1 is 1.11 bits per heavy atom. The van der Waals surface area contributed by atoms with Crippen molar-refractivity contribution >= 4 is 34.8 Å². The van der Waals surface area contributed by atoms with Gasteiger partial charge in [0.05, 0.1) is 33.2 Å². The second-order valence-corrected chi connectivity index (χ2v) is 10.0. The number of nitrogens with one attached hydrogen (secondary N) is 1. The fourth-order valence-corrected chi connectivity index (χ4v) is 5.10. The summed E-state index contributed by atoms with van der Waals surface area (Å²) in [4.78, 5) is 21.8. The molecule has 1 fully saturated rings. The van der Waals surface area contributed by atoms with Crippen molar-refractivity contribution in [2.45, 2.75) is 32.8 Å². The van der Waals surface area contributed by atoms with Crippen LogP contribution in [0.1, 0.15) is 35.4 Å². The Hall–Kier alpha value is -2.65. The van der Waals surface area contributed by atoms with E-state index in [9.17, 15) is 14.3 Å². The molecule has 2 aromatic carbocycles. The number of hydrogen-bond acceptors (Lipinski definition) is 5. The number of aromatic nitrogens is 2. The van der Waals surface area contributed by atoms with E-state index in [2.05, 4.69) is 20.1 Å². The highest BCUT2D eigenvalue weighted by Gasteiger charge is 2.24. The molecule has 0 aliphatic carbocycles. The molecule has 1 aromatic heterocycles. The molecule has 4 rings (SSSR count). The van der Waals surface area contributed by atoms with E-state index in [1.54, 1.807) is 35.8 Å². The molecule has 10 heteroatoms. The van der Waals surface area contributed by atoms with E-state index < -0.39 is 6.10 Å². The highest BCUT2D eigenvalue weighted by molar-refractivity contribution is 6.43. The third kappa shape index (κ3) is 6.26. The zero-order valence-electron chi connectivity index (χ0n) is 21.1. The number of aryl methyl sites for hydroxylation is 1. The Labute approximate surface area is 226 Å². The van der Waals surface area contributed by atoms with Crippen molar-refractivity contribution in [1.82, 2.24) is 19.8 Å². The largest absolute Gasteiger partial charge is 0.390 e. The summed E-state index contributed by atoms with van der Waals surface area (Å²) in [7, 11) is 0. The average Bonchev–Trinajstić information content (AvgIpc) is 3.21. The van der Waals surface area contributed by atoms with Gasteiger partial charge in [-0.05, 0) is 37.6 Å². The van der Waals surface area contributed by atoms with Crippen molar-refractivity contribution < 1.29 is 14.3 Å². The number of rotatable bonds is 9. The van der Waals surface area contributed by atoms with E-state index in [1.165, 1.54) is 6.07 Å². The van der Waals surface area contributed by atoms with Crippen molar-refractivity contribution in [2.24, 2.45) is 0 Å². The summed E-state index contributed by atoms with van der Waals surface area (Å²) < 4.78 is 16.2. The molecular weight excluding hydrogens is 516 g/mol. The number of imidazole rings is 1. The minimum absolute atomic E-state index is 0.0915. The van der Waals surface area contributed by atoms with E-state index in [1.807, 2.05) is 19.1 Å². The van der Waals surface area contributed by atoms with Crippen LogP contribution in [0, 0.1) is 12.7 Å². The van der Waals surface area contributed by atoms with E-state index in [-0.39, 0.29) is 24.0 Å². The van der Waals surface area contributed by atoms with Gasteiger partial charge in [-0.15, -0.1) is 0 Å². The number of benzene rings is 2. The van der Waals surface area contributed by atoms with Gasteiger partial charge in [0, 0.05) is 45.7 Å². The van der Waals surface area contributed by atoms with Gasteiger partial charge in [-0.2, -0.15) is 0 Å². The van der Waals surface area contributed by atoms with Crippen LogP contribution < -0.4 is 10.2 Å². The average molecular weight is 548 g/mol. The van der Waals surface area contributed by atoms with Gasteiger partial charge in [0.15, 0.2) is 0 Å². The number of para-hydroxylation sites is 1. The first-order valence-electron chi connectivity index (χ1n) is 12.5. The lowest BCUT2D eigenvalue weighted by Gasteiger charge is -2.37. The molecule has 1 saturated heterocycles. The van der Waals surface area contributed by atoms with Crippen molar-refractivity contribution in [1.29, 1.82) is 0 Å². The minimum atomic E-state index is -0.741. The van der Waals surface area contributed by atoms with Gasteiger partial charge < -0.3 is 15.3 Å². The number of carbonyl (C=O) groups is 1. The Kier molecular flexibility index (Phi) is 9.08. The molecule has 1 atom stereocenters. The van der Waals surface area contributed by atoms with E-state index in [0.29, 0.717) is 40.2 Å². The lowest BCUT2D eigenvalue weighted by atomic mass is 10.2. The molecule has 2 N–H and O–H groups in total. The molecule has 198 valence electrons. The number of β-amino-alcohol motifs (C(OH)–C–C–N with tert-alkyl or cyclic N) is 1. The topological polar surface area (TPSA) is 73.6 Å². The Bertz CT molecular complexity index is 1240. The van der Waals surface area contributed by atoms with Crippen LogP contribution in [0.4, 0.5) is 10.1 Å². The summed E-state index contributed by atoms with van der Waals surface area (Å²) >= 11 is 12.5. The SMILES string of the molecule is CCCc1nc(C(=O)NCC(O)CN2CCN(c3cccc(Cl)c3Cl)CC2)c(C)n1-c1ccccc1F. The lowest BCUT2D eigenvalue weighted by molar-refractivity contribution is 0.0847.